The standard InChI is InChI=1S/C7H12O6/c1-12-7(11)6-5(10)4(9)3(2-8)13-6/h3-6,8-10H,2H2,1H3/t3-,4+,5-,6+/m1/s1. The summed E-state index contributed by atoms with van der Waals surface area (Å²) in [6, 6.07) is 0. The van der Waals surface area contributed by atoms with Gasteiger partial charge in [0.2, 0.25) is 0 Å². The van der Waals surface area contributed by atoms with Crippen molar-refractivity contribution in [1.29, 1.82) is 0 Å². The lowest BCUT2D eigenvalue weighted by atomic mass is 10.1. The maximum absolute atomic E-state index is 10.9. The van der Waals surface area contributed by atoms with Crippen LogP contribution in [0.2, 0.25) is 0 Å². The van der Waals surface area contributed by atoms with Crippen LogP contribution in [0.3, 0.4) is 0 Å². The maximum atomic E-state index is 10.9. The normalized spacial score (nSPS) is 39.1. The number of hydrogen-bond acceptors (Lipinski definition) is 6. The van der Waals surface area contributed by atoms with Crippen LogP contribution in [0.1, 0.15) is 0 Å². The number of aliphatic hydroxyl groups is 3. The molecule has 6 heteroatoms. The molecule has 6 nitrogen and oxygen atoms in total. The van der Waals surface area contributed by atoms with Gasteiger partial charge in [0.1, 0.15) is 18.3 Å². The SMILES string of the molecule is COC(=O)[C@H]1O[C@H](CO)[C@H](O)[C@H]1O. The molecule has 76 valence electrons. The molecule has 0 unspecified atom stereocenters. The van der Waals surface area contributed by atoms with Crippen LogP contribution in [-0.2, 0) is 14.3 Å². The van der Waals surface area contributed by atoms with Crippen molar-refractivity contribution in [3.63, 3.8) is 0 Å². The monoisotopic (exact) mass is 192 g/mol. The predicted molar refractivity (Wildman–Crippen MR) is 39.8 cm³/mol. The average molecular weight is 192 g/mol. The fraction of sp³-hybridized carbons (Fsp3) is 0.857. The minimum absolute atomic E-state index is 0.453. The van der Waals surface area contributed by atoms with Gasteiger partial charge in [-0.2, -0.15) is 0 Å². The van der Waals surface area contributed by atoms with Crippen LogP contribution in [0.5, 0.6) is 0 Å². The molecular formula is C7H12O6. The Morgan fingerprint density at radius 1 is 1.46 bits per heavy atom. The minimum Gasteiger partial charge on any atom is -0.467 e. The summed E-state index contributed by atoms with van der Waals surface area (Å²) < 4.78 is 9.19. The van der Waals surface area contributed by atoms with Gasteiger partial charge in [-0.25, -0.2) is 4.79 Å². The Kier molecular flexibility index (Phi) is 3.21. The smallest absolute Gasteiger partial charge is 0.337 e. The molecule has 0 radical (unpaired) electrons. The molecule has 0 aliphatic carbocycles. The second-order valence-corrected chi connectivity index (χ2v) is 2.78. The van der Waals surface area contributed by atoms with Gasteiger partial charge in [-0.05, 0) is 0 Å². The number of ether oxygens (including phenoxy) is 2. The lowest BCUT2D eigenvalue weighted by Crippen LogP contribution is -2.37. The third-order valence-corrected chi connectivity index (χ3v) is 1.98. The fourth-order valence-corrected chi connectivity index (χ4v) is 1.21. The van der Waals surface area contributed by atoms with E-state index in [4.69, 9.17) is 9.84 Å². The van der Waals surface area contributed by atoms with E-state index in [-0.39, 0.29) is 0 Å². The molecule has 13 heavy (non-hydrogen) atoms. The van der Waals surface area contributed by atoms with E-state index in [1.807, 2.05) is 0 Å². The zero-order valence-electron chi connectivity index (χ0n) is 7.08. The van der Waals surface area contributed by atoms with Crippen LogP contribution in [0.4, 0.5) is 0 Å². The molecule has 0 bridgehead atoms. The largest absolute Gasteiger partial charge is 0.467 e. The first-order valence-electron chi connectivity index (χ1n) is 3.82. The lowest BCUT2D eigenvalue weighted by molar-refractivity contribution is -0.157. The second kappa shape index (κ2) is 4.01. The number of methoxy groups -OCH3 is 1. The molecular weight excluding hydrogens is 180 g/mol. The molecule has 1 aliphatic rings. The number of carbonyl (C=O) groups is 1. The van der Waals surface area contributed by atoms with Crippen molar-refractivity contribution in [1.82, 2.24) is 0 Å². The van der Waals surface area contributed by atoms with Crippen LogP contribution < -0.4 is 0 Å². The maximum Gasteiger partial charge on any atom is 0.337 e. The Hall–Kier alpha value is -0.690. The van der Waals surface area contributed by atoms with Crippen LogP contribution >= 0.6 is 0 Å². The van der Waals surface area contributed by atoms with Gasteiger partial charge >= 0.3 is 5.97 Å². The third kappa shape index (κ3) is 1.80. The first-order valence-corrected chi connectivity index (χ1v) is 3.82. The van der Waals surface area contributed by atoms with E-state index in [9.17, 15) is 15.0 Å². The Labute approximate surface area is 74.7 Å². The molecule has 0 amide bonds. The number of rotatable bonds is 2. The summed E-state index contributed by atoms with van der Waals surface area (Å²) in [5, 5.41) is 27.2. The van der Waals surface area contributed by atoms with Gasteiger partial charge in [0.05, 0.1) is 13.7 Å². The summed E-state index contributed by atoms with van der Waals surface area (Å²) in [6.45, 7) is -0.453. The quantitative estimate of drug-likeness (QED) is 0.423. The summed E-state index contributed by atoms with van der Waals surface area (Å²) in [5.41, 5.74) is 0. The van der Waals surface area contributed by atoms with Crippen LogP contribution in [-0.4, -0.2) is 59.4 Å². The lowest BCUT2D eigenvalue weighted by Gasteiger charge is -2.11. The zero-order chi connectivity index (χ0) is 10.0. The van der Waals surface area contributed by atoms with Crippen LogP contribution in [0.25, 0.3) is 0 Å². The van der Waals surface area contributed by atoms with Crippen LogP contribution in [0.15, 0.2) is 0 Å². The number of hydrogen-bond donors (Lipinski definition) is 3. The van der Waals surface area contributed by atoms with E-state index in [1.54, 1.807) is 0 Å². The van der Waals surface area contributed by atoms with Gasteiger partial charge in [0, 0.05) is 0 Å². The minimum atomic E-state index is -1.34. The molecule has 1 saturated heterocycles. The summed E-state index contributed by atoms with van der Waals surface area (Å²) in [5.74, 6) is -0.762. The van der Waals surface area contributed by atoms with E-state index in [0.29, 0.717) is 0 Å². The molecule has 0 saturated carbocycles. The topological polar surface area (TPSA) is 96.2 Å². The highest BCUT2D eigenvalue weighted by Crippen LogP contribution is 2.21. The van der Waals surface area contributed by atoms with Crippen molar-refractivity contribution in [3.8, 4) is 0 Å². The first-order chi connectivity index (χ1) is 6.11. The van der Waals surface area contributed by atoms with E-state index >= 15 is 0 Å². The van der Waals surface area contributed by atoms with Gasteiger partial charge in [-0.1, -0.05) is 0 Å². The summed E-state index contributed by atoms with van der Waals surface area (Å²) >= 11 is 0. The van der Waals surface area contributed by atoms with Crippen molar-refractivity contribution in [2.24, 2.45) is 0 Å². The molecule has 3 N–H and O–H groups in total. The molecule has 1 heterocycles. The highest BCUT2D eigenvalue weighted by Gasteiger charge is 2.46. The Bertz CT molecular complexity index is 193. The first kappa shape index (κ1) is 10.4. The Morgan fingerprint density at radius 2 is 2.08 bits per heavy atom. The summed E-state index contributed by atoms with van der Waals surface area (Å²) in [6.07, 6.45) is -4.74. The van der Waals surface area contributed by atoms with E-state index in [2.05, 4.69) is 4.74 Å². The Balaban J connectivity index is 2.65. The van der Waals surface area contributed by atoms with Crippen molar-refractivity contribution in [2.75, 3.05) is 13.7 Å². The number of carbonyl (C=O) groups excluding carboxylic acids is 1. The Morgan fingerprint density at radius 3 is 2.46 bits per heavy atom. The average Bonchev–Trinajstić information content (AvgIpc) is 2.43. The zero-order valence-corrected chi connectivity index (χ0v) is 7.08. The van der Waals surface area contributed by atoms with E-state index in [1.165, 1.54) is 0 Å². The fourth-order valence-electron chi connectivity index (χ4n) is 1.21. The van der Waals surface area contributed by atoms with Gasteiger partial charge in [-0.3, -0.25) is 0 Å². The summed E-state index contributed by atoms with van der Waals surface area (Å²) in [4.78, 5) is 10.9. The molecule has 0 aromatic carbocycles. The highest BCUT2D eigenvalue weighted by molar-refractivity contribution is 5.75. The molecule has 0 spiro atoms. The van der Waals surface area contributed by atoms with Gasteiger partial charge in [0.25, 0.3) is 0 Å². The summed E-state index contributed by atoms with van der Waals surface area (Å²) in [7, 11) is 1.15. The molecule has 1 aliphatic heterocycles. The molecule has 1 rings (SSSR count). The number of esters is 1. The highest BCUT2D eigenvalue weighted by atomic mass is 16.6. The van der Waals surface area contributed by atoms with Gasteiger partial charge in [-0.15, -0.1) is 0 Å². The molecule has 4 atom stereocenters. The second-order valence-electron chi connectivity index (χ2n) is 2.78. The third-order valence-electron chi connectivity index (χ3n) is 1.98. The van der Waals surface area contributed by atoms with Crippen molar-refractivity contribution in [2.45, 2.75) is 24.4 Å². The van der Waals surface area contributed by atoms with Crippen molar-refractivity contribution >= 4 is 5.97 Å². The number of aliphatic hydroxyl groups excluding tert-OH is 3. The van der Waals surface area contributed by atoms with Crippen molar-refractivity contribution in [3.05, 3.63) is 0 Å². The van der Waals surface area contributed by atoms with Gasteiger partial charge < -0.3 is 24.8 Å². The molecule has 1 fully saturated rings. The molecule has 0 aromatic heterocycles. The van der Waals surface area contributed by atoms with Gasteiger partial charge in [0.15, 0.2) is 6.10 Å². The van der Waals surface area contributed by atoms with Crippen molar-refractivity contribution < 1.29 is 29.6 Å². The van der Waals surface area contributed by atoms with E-state index in [0.717, 1.165) is 7.11 Å². The predicted octanol–water partition coefficient (Wildman–Crippen LogP) is -2.36. The van der Waals surface area contributed by atoms with E-state index < -0.39 is 37.0 Å². The molecule has 0 aromatic rings. The van der Waals surface area contributed by atoms with Crippen LogP contribution in [0, 0.1) is 0 Å².